The molecule has 2 rings (SSSR count). The summed E-state index contributed by atoms with van der Waals surface area (Å²) in [6.07, 6.45) is 7.11. The Morgan fingerprint density at radius 2 is 2.21 bits per heavy atom. The van der Waals surface area contributed by atoms with Crippen molar-refractivity contribution in [1.82, 2.24) is 0 Å². The van der Waals surface area contributed by atoms with E-state index in [2.05, 4.69) is 6.92 Å². The van der Waals surface area contributed by atoms with E-state index in [-0.39, 0.29) is 11.9 Å². The van der Waals surface area contributed by atoms with Crippen LogP contribution in [-0.4, -0.2) is 12.6 Å². The first-order valence-corrected chi connectivity index (χ1v) is 5.98. The molecule has 0 aromatic rings. The van der Waals surface area contributed by atoms with Crippen LogP contribution in [0.5, 0.6) is 0 Å². The van der Waals surface area contributed by atoms with Gasteiger partial charge in [0.15, 0.2) is 0 Å². The van der Waals surface area contributed by atoms with Gasteiger partial charge in [0.2, 0.25) is 0 Å². The molecule has 0 radical (unpaired) electrons. The lowest BCUT2D eigenvalue weighted by Crippen LogP contribution is -2.23. The van der Waals surface area contributed by atoms with Crippen molar-refractivity contribution in [3.63, 3.8) is 0 Å². The largest absolute Gasteiger partial charge is 0.465 e. The van der Waals surface area contributed by atoms with Crippen molar-refractivity contribution in [1.29, 1.82) is 0 Å². The molecular formula is C12H20O2. The number of unbranched alkanes of at least 4 members (excludes halogenated alkanes) is 1. The van der Waals surface area contributed by atoms with Crippen LogP contribution in [0.3, 0.4) is 0 Å². The fraction of sp³-hybridized carbons (Fsp3) is 0.917. The van der Waals surface area contributed by atoms with Gasteiger partial charge in [-0.05, 0) is 37.5 Å². The third-order valence-corrected chi connectivity index (χ3v) is 3.78. The molecule has 2 saturated carbocycles. The van der Waals surface area contributed by atoms with E-state index in [4.69, 9.17) is 4.74 Å². The van der Waals surface area contributed by atoms with E-state index in [9.17, 15) is 4.79 Å². The van der Waals surface area contributed by atoms with Gasteiger partial charge in [-0.2, -0.15) is 0 Å². The summed E-state index contributed by atoms with van der Waals surface area (Å²) in [4.78, 5) is 11.7. The van der Waals surface area contributed by atoms with Crippen molar-refractivity contribution in [2.75, 3.05) is 6.61 Å². The van der Waals surface area contributed by atoms with E-state index in [1.165, 1.54) is 19.3 Å². The topological polar surface area (TPSA) is 26.3 Å². The van der Waals surface area contributed by atoms with Crippen LogP contribution in [0.15, 0.2) is 0 Å². The summed E-state index contributed by atoms with van der Waals surface area (Å²) in [5.41, 5.74) is 0. The first-order valence-electron chi connectivity index (χ1n) is 5.98. The van der Waals surface area contributed by atoms with Gasteiger partial charge in [-0.25, -0.2) is 0 Å². The van der Waals surface area contributed by atoms with Crippen LogP contribution in [0.25, 0.3) is 0 Å². The van der Waals surface area contributed by atoms with Crippen molar-refractivity contribution < 1.29 is 9.53 Å². The molecule has 3 unspecified atom stereocenters. The Morgan fingerprint density at radius 1 is 1.36 bits per heavy atom. The summed E-state index contributed by atoms with van der Waals surface area (Å²) in [6.45, 7) is 2.74. The number of rotatable bonds is 4. The second kappa shape index (κ2) is 4.33. The molecule has 0 aromatic carbocycles. The minimum Gasteiger partial charge on any atom is -0.465 e. The van der Waals surface area contributed by atoms with Crippen LogP contribution in [0.1, 0.15) is 45.4 Å². The Hall–Kier alpha value is -0.530. The van der Waals surface area contributed by atoms with Gasteiger partial charge >= 0.3 is 5.97 Å². The van der Waals surface area contributed by atoms with Gasteiger partial charge < -0.3 is 4.74 Å². The summed E-state index contributed by atoms with van der Waals surface area (Å²) in [5.74, 6) is 1.84. The molecule has 80 valence electrons. The summed E-state index contributed by atoms with van der Waals surface area (Å²) < 4.78 is 5.28. The molecule has 2 fully saturated rings. The molecule has 0 saturated heterocycles. The van der Waals surface area contributed by atoms with Gasteiger partial charge in [-0.3, -0.25) is 4.79 Å². The summed E-state index contributed by atoms with van der Waals surface area (Å²) in [5, 5.41) is 0. The second-order valence-corrected chi connectivity index (χ2v) is 4.80. The fourth-order valence-electron chi connectivity index (χ4n) is 2.96. The maximum Gasteiger partial charge on any atom is 0.309 e. The molecule has 3 atom stereocenters. The van der Waals surface area contributed by atoms with E-state index < -0.39 is 0 Å². The lowest BCUT2D eigenvalue weighted by molar-refractivity contribution is -0.150. The zero-order valence-electron chi connectivity index (χ0n) is 9.00. The Kier molecular flexibility index (Phi) is 3.09. The molecule has 0 aliphatic heterocycles. The van der Waals surface area contributed by atoms with Gasteiger partial charge in [0.1, 0.15) is 0 Å². The van der Waals surface area contributed by atoms with Crippen LogP contribution in [0, 0.1) is 17.8 Å². The number of carbonyl (C=O) groups is 1. The lowest BCUT2D eigenvalue weighted by Gasteiger charge is -2.19. The first-order chi connectivity index (χ1) is 6.81. The second-order valence-electron chi connectivity index (χ2n) is 4.80. The zero-order chi connectivity index (χ0) is 9.97. The van der Waals surface area contributed by atoms with Gasteiger partial charge in [-0.1, -0.05) is 19.8 Å². The monoisotopic (exact) mass is 196 g/mol. The number of carbonyl (C=O) groups excluding carboxylic acids is 1. The van der Waals surface area contributed by atoms with Gasteiger partial charge in [0.05, 0.1) is 12.5 Å². The third kappa shape index (κ3) is 1.94. The van der Waals surface area contributed by atoms with Crippen LogP contribution < -0.4 is 0 Å². The van der Waals surface area contributed by atoms with Gasteiger partial charge in [0.25, 0.3) is 0 Å². The van der Waals surface area contributed by atoms with E-state index >= 15 is 0 Å². The van der Waals surface area contributed by atoms with E-state index in [1.54, 1.807) is 0 Å². The Morgan fingerprint density at radius 3 is 2.79 bits per heavy atom. The first kappa shape index (κ1) is 10.0. The Bertz CT molecular complexity index is 212. The lowest BCUT2D eigenvalue weighted by atomic mass is 9.89. The minimum absolute atomic E-state index is 0.0886. The normalized spacial score (nSPS) is 34.8. The Balaban J connectivity index is 1.75. The average molecular weight is 196 g/mol. The standard InChI is InChI=1S/C12H20O2/c1-2-3-6-14-12(13)11-8-9-4-5-10(11)7-9/h9-11H,2-8H2,1H3. The van der Waals surface area contributed by atoms with Crippen molar-refractivity contribution in [2.24, 2.45) is 17.8 Å². The molecule has 14 heavy (non-hydrogen) atoms. The quantitative estimate of drug-likeness (QED) is 0.510. The highest BCUT2D eigenvalue weighted by atomic mass is 16.5. The number of fused-ring (bicyclic) bond motifs is 2. The third-order valence-electron chi connectivity index (χ3n) is 3.78. The summed E-state index contributed by atoms with van der Waals surface area (Å²) in [7, 11) is 0. The molecule has 2 heteroatoms. The number of ether oxygens (including phenoxy) is 1. The van der Waals surface area contributed by atoms with Gasteiger partial charge in [-0.15, -0.1) is 0 Å². The molecule has 2 bridgehead atoms. The Labute approximate surface area is 86.0 Å². The maximum absolute atomic E-state index is 11.7. The smallest absolute Gasteiger partial charge is 0.309 e. The SMILES string of the molecule is CCCCOC(=O)C1CC2CCC1C2. The molecule has 0 aromatic heterocycles. The number of hydrogen-bond donors (Lipinski definition) is 0. The van der Waals surface area contributed by atoms with Crippen LogP contribution in [0.4, 0.5) is 0 Å². The molecule has 2 nitrogen and oxygen atoms in total. The maximum atomic E-state index is 11.7. The van der Waals surface area contributed by atoms with Gasteiger partial charge in [0, 0.05) is 0 Å². The predicted molar refractivity (Wildman–Crippen MR) is 54.8 cm³/mol. The van der Waals surface area contributed by atoms with Crippen molar-refractivity contribution in [3.05, 3.63) is 0 Å². The number of esters is 1. The van der Waals surface area contributed by atoms with E-state index in [1.807, 2.05) is 0 Å². The van der Waals surface area contributed by atoms with Crippen LogP contribution >= 0.6 is 0 Å². The molecule has 0 spiro atoms. The minimum atomic E-state index is 0.0886. The summed E-state index contributed by atoms with van der Waals surface area (Å²) in [6, 6.07) is 0. The number of hydrogen-bond acceptors (Lipinski definition) is 2. The van der Waals surface area contributed by atoms with Crippen LogP contribution in [-0.2, 0) is 9.53 Å². The van der Waals surface area contributed by atoms with Crippen molar-refractivity contribution >= 4 is 5.97 Å². The highest BCUT2D eigenvalue weighted by molar-refractivity contribution is 5.73. The van der Waals surface area contributed by atoms with Crippen molar-refractivity contribution in [2.45, 2.75) is 45.4 Å². The molecule has 2 aliphatic carbocycles. The predicted octanol–water partition coefficient (Wildman–Crippen LogP) is 2.77. The molecule has 2 aliphatic rings. The highest BCUT2D eigenvalue weighted by Gasteiger charge is 2.43. The molecule has 0 heterocycles. The highest BCUT2D eigenvalue weighted by Crippen LogP contribution is 2.48. The molecule has 0 N–H and O–H groups in total. The molecule has 0 amide bonds. The zero-order valence-corrected chi connectivity index (χ0v) is 9.00. The van der Waals surface area contributed by atoms with E-state index in [0.717, 1.165) is 25.2 Å². The van der Waals surface area contributed by atoms with E-state index in [0.29, 0.717) is 12.5 Å². The van der Waals surface area contributed by atoms with Crippen molar-refractivity contribution in [3.8, 4) is 0 Å². The summed E-state index contributed by atoms with van der Waals surface area (Å²) >= 11 is 0. The van der Waals surface area contributed by atoms with Crippen LogP contribution in [0.2, 0.25) is 0 Å². The molecular weight excluding hydrogens is 176 g/mol. The fourth-order valence-corrected chi connectivity index (χ4v) is 2.96. The average Bonchev–Trinajstić information content (AvgIpc) is 2.79.